The summed E-state index contributed by atoms with van der Waals surface area (Å²) in [5, 5.41) is 19.4. The lowest BCUT2D eigenvalue weighted by atomic mass is 10.1. The molecule has 0 amide bonds. The Balaban J connectivity index is 1.75. The van der Waals surface area contributed by atoms with Gasteiger partial charge in [-0.05, 0) is 36.6 Å². The van der Waals surface area contributed by atoms with Crippen LogP contribution in [0.3, 0.4) is 0 Å². The molecule has 0 spiro atoms. The van der Waals surface area contributed by atoms with Crippen LogP contribution >= 0.6 is 11.6 Å². The number of benzene rings is 2. The quantitative estimate of drug-likeness (QED) is 0.385. The van der Waals surface area contributed by atoms with Crippen LogP contribution in [0.5, 0.6) is 5.88 Å². The highest BCUT2D eigenvalue weighted by molar-refractivity contribution is 6.30. The first kappa shape index (κ1) is 22.7. The predicted molar refractivity (Wildman–Crippen MR) is 127 cm³/mol. The van der Waals surface area contributed by atoms with Crippen molar-refractivity contribution in [2.75, 3.05) is 0 Å². The number of aryl methyl sites for hydroxylation is 1. The second-order valence-corrected chi connectivity index (χ2v) is 8.33. The van der Waals surface area contributed by atoms with Crippen molar-refractivity contribution in [3.8, 4) is 17.3 Å². The van der Waals surface area contributed by atoms with E-state index in [4.69, 9.17) is 16.0 Å². The van der Waals surface area contributed by atoms with E-state index in [1.54, 1.807) is 16.7 Å². The summed E-state index contributed by atoms with van der Waals surface area (Å²) in [7, 11) is 0. The van der Waals surface area contributed by atoms with E-state index in [1.165, 1.54) is 0 Å². The van der Waals surface area contributed by atoms with E-state index in [1.807, 2.05) is 49.4 Å². The number of unbranched alkanes of at least 4 members (excludes halogenated alkanes) is 1. The molecule has 0 radical (unpaired) electrons. The summed E-state index contributed by atoms with van der Waals surface area (Å²) in [6.45, 7) is 4.01. The summed E-state index contributed by atoms with van der Waals surface area (Å²) >= 11 is 5.94. The molecule has 4 aromatic rings. The minimum absolute atomic E-state index is 0.0509. The average Bonchev–Trinajstić information content (AvgIpc) is 3.27. The molecule has 1 atom stereocenters. The fourth-order valence-electron chi connectivity index (χ4n) is 3.75. The Kier molecular flexibility index (Phi) is 6.89. The van der Waals surface area contributed by atoms with Gasteiger partial charge in [0.05, 0.1) is 12.5 Å². The zero-order valence-electron chi connectivity index (χ0n) is 18.5. The molecule has 1 unspecified atom stereocenters. The second-order valence-electron chi connectivity index (χ2n) is 7.90. The van der Waals surface area contributed by atoms with Crippen LogP contribution in [0.4, 0.5) is 0 Å². The Hall–Kier alpha value is -3.45. The molecule has 7 nitrogen and oxygen atoms in total. The predicted octanol–water partition coefficient (Wildman–Crippen LogP) is 5.20. The summed E-state index contributed by atoms with van der Waals surface area (Å²) in [4.78, 5) is 18.0. The van der Waals surface area contributed by atoms with Gasteiger partial charge in [0.25, 0.3) is 11.4 Å². The van der Waals surface area contributed by atoms with E-state index >= 15 is 0 Å². The average molecular weight is 465 g/mol. The zero-order valence-corrected chi connectivity index (χ0v) is 19.3. The Bertz CT molecular complexity index is 1280. The first-order valence-electron chi connectivity index (χ1n) is 10.9. The molecule has 4 rings (SSSR count). The third kappa shape index (κ3) is 4.98. The number of rotatable bonds is 8. The van der Waals surface area contributed by atoms with Crippen LogP contribution in [0.25, 0.3) is 11.5 Å². The monoisotopic (exact) mass is 464 g/mol. The van der Waals surface area contributed by atoms with Gasteiger partial charge in [0.2, 0.25) is 11.8 Å². The Morgan fingerprint density at radius 1 is 1.09 bits per heavy atom. The van der Waals surface area contributed by atoms with Crippen molar-refractivity contribution >= 4 is 11.6 Å². The molecule has 2 heterocycles. The number of nitrogens with zero attached hydrogens (tertiary/aromatic N) is 4. The molecule has 0 saturated heterocycles. The molecule has 8 heteroatoms. The lowest BCUT2D eigenvalue weighted by Gasteiger charge is -2.20. The van der Waals surface area contributed by atoms with Crippen LogP contribution in [0.2, 0.25) is 5.02 Å². The first-order chi connectivity index (χ1) is 16.0. The summed E-state index contributed by atoms with van der Waals surface area (Å²) < 4.78 is 7.37. The van der Waals surface area contributed by atoms with Gasteiger partial charge in [-0.1, -0.05) is 67.4 Å². The lowest BCUT2D eigenvalue weighted by Crippen LogP contribution is -2.30. The molecule has 0 saturated carbocycles. The van der Waals surface area contributed by atoms with Gasteiger partial charge >= 0.3 is 0 Å². The normalized spacial score (nSPS) is 12.1. The minimum atomic E-state index is -0.411. The SMILES string of the molecule is CCCCc1nc(O)c(-c2nnc(Cc3ccc(Cl)cc3)o2)c(=O)n1C(C)c1ccccc1. The number of aromatic nitrogens is 4. The van der Waals surface area contributed by atoms with Crippen molar-refractivity contribution in [2.45, 2.75) is 45.6 Å². The van der Waals surface area contributed by atoms with E-state index < -0.39 is 11.4 Å². The molecule has 0 fully saturated rings. The molecular formula is C25H25ClN4O3. The molecule has 170 valence electrons. The molecule has 0 aliphatic heterocycles. The van der Waals surface area contributed by atoms with Gasteiger partial charge in [0, 0.05) is 11.4 Å². The van der Waals surface area contributed by atoms with Crippen molar-refractivity contribution in [1.29, 1.82) is 0 Å². The summed E-state index contributed by atoms with van der Waals surface area (Å²) in [6, 6.07) is 16.7. The number of halogens is 1. The van der Waals surface area contributed by atoms with Gasteiger partial charge in [0.15, 0.2) is 5.56 Å². The van der Waals surface area contributed by atoms with Crippen molar-refractivity contribution in [2.24, 2.45) is 0 Å². The number of hydrogen-bond acceptors (Lipinski definition) is 6. The van der Waals surface area contributed by atoms with Gasteiger partial charge in [-0.2, -0.15) is 4.98 Å². The third-order valence-electron chi connectivity index (χ3n) is 5.54. The first-order valence-corrected chi connectivity index (χ1v) is 11.3. The van der Waals surface area contributed by atoms with Gasteiger partial charge < -0.3 is 9.52 Å². The van der Waals surface area contributed by atoms with Gasteiger partial charge in [0.1, 0.15) is 5.82 Å². The molecule has 2 aromatic carbocycles. The van der Waals surface area contributed by atoms with Gasteiger partial charge in [-0.25, -0.2) is 0 Å². The summed E-state index contributed by atoms with van der Waals surface area (Å²) in [5.74, 6) is 0.401. The van der Waals surface area contributed by atoms with Crippen LogP contribution in [0, 0.1) is 0 Å². The van der Waals surface area contributed by atoms with Crippen molar-refractivity contribution < 1.29 is 9.52 Å². The second kappa shape index (κ2) is 10.0. The maximum atomic E-state index is 13.6. The third-order valence-corrected chi connectivity index (χ3v) is 5.79. The molecule has 0 bridgehead atoms. The Morgan fingerprint density at radius 2 is 1.82 bits per heavy atom. The maximum Gasteiger partial charge on any atom is 0.270 e. The fraction of sp³-hybridized carbons (Fsp3) is 0.280. The minimum Gasteiger partial charge on any atom is -0.493 e. The Morgan fingerprint density at radius 3 is 2.52 bits per heavy atom. The Labute approximate surface area is 196 Å². The highest BCUT2D eigenvalue weighted by Gasteiger charge is 2.25. The smallest absolute Gasteiger partial charge is 0.270 e. The largest absolute Gasteiger partial charge is 0.493 e. The number of aromatic hydroxyl groups is 1. The van der Waals surface area contributed by atoms with E-state index in [2.05, 4.69) is 22.1 Å². The zero-order chi connectivity index (χ0) is 23.4. The standard InChI is InChI=1S/C25H25ClN4O3/c1-3-4-10-20-27-23(31)22(25(32)30(20)16(2)18-8-6-5-7-9-18)24-29-28-21(33-24)15-17-11-13-19(26)14-12-17/h5-9,11-14,16,31H,3-4,10,15H2,1-2H3. The van der Waals surface area contributed by atoms with Gasteiger partial charge in [-0.3, -0.25) is 9.36 Å². The lowest BCUT2D eigenvalue weighted by molar-refractivity contribution is 0.431. The van der Waals surface area contributed by atoms with Crippen molar-refractivity contribution in [3.63, 3.8) is 0 Å². The topological polar surface area (TPSA) is 94.0 Å². The van der Waals surface area contributed by atoms with E-state index in [9.17, 15) is 9.90 Å². The summed E-state index contributed by atoms with van der Waals surface area (Å²) in [6.07, 6.45) is 2.73. The van der Waals surface area contributed by atoms with E-state index in [-0.39, 0.29) is 17.5 Å². The molecule has 1 N–H and O–H groups in total. The molecule has 33 heavy (non-hydrogen) atoms. The van der Waals surface area contributed by atoms with Crippen LogP contribution in [0.15, 0.2) is 63.8 Å². The van der Waals surface area contributed by atoms with E-state index in [0.29, 0.717) is 29.6 Å². The number of hydrogen-bond donors (Lipinski definition) is 1. The molecule has 0 aliphatic carbocycles. The van der Waals surface area contributed by atoms with Crippen molar-refractivity contribution in [1.82, 2.24) is 19.7 Å². The molecule has 2 aromatic heterocycles. The van der Waals surface area contributed by atoms with Crippen LogP contribution in [-0.4, -0.2) is 24.9 Å². The molecular weight excluding hydrogens is 440 g/mol. The maximum absolute atomic E-state index is 13.6. The summed E-state index contributed by atoms with van der Waals surface area (Å²) in [5.41, 5.74) is 1.39. The highest BCUT2D eigenvalue weighted by atomic mass is 35.5. The van der Waals surface area contributed by atoms with Crippen LogP contribution in [0.1, 0.15) is 55.6 Å². The highest BCUT2D eigenvalue weighted by Crippen LogP contribution is 2.27. The van der Waals surface area contributed by atoms with E-state index in [0.717, 1.165) is 24.0 Å². The van der Waals surface area contributed by atoms with Crippen molar-refractivity contribution in [3.05, 3.63) is 92.8 Å². The fourth-order valence-corrected chi connectivity index (χ4v) is 3.87. The molecule has 0 aliphatic rings. The van der Waals surface area contributed by atoms with Gasteiger partial charge in [-0.15, -0.1) is 10.2 Å². The van der Waals surface area contributed by atoms with Crippen LogP contribution in [-0.2, 0) is 12.8 Å². The van der Waals surface area contributed by atoms with Crippen LogP contribution < -0.4 is 5.56 Å².